The van der Waals surface area contributed by atoms with Crippen LogP contribution in [-0.2, 0) is 0 Å². The van der Waals surface area contributed by atoms with E-state index in [1.807, 2.05) is 0 Å². The van der Waals surface area contributed by atoms with Gasteiger partial charge >= 0.3 is 0 Å². The Morgan fingerprint density at radius 3 is 2.67 bits per heavy atom. The second-order valence-electron chi connectivity index (χ2n) is 3.67. The number of likely N-dealkylation sites (N-methyl/N-ethyl adjacent to an activating group) is 1. The lowest BCUT2D eigenvalue weighted by Crippen LogP contribution is -2.43. The van der Waals surface area contributed by atoms with E-state index in [1.54, 1.807) is 0 Å². The summed E-state index contributed by atoms with van der Waals surface area (Å²) in [5.41, 5.74) is 6.26. The molecule has 9 heavy (non-hydrogen) atoms. The summed E-state index contributed by atoms with van der Waals surface area (Å²) in [5.74, 6) is 0. The molecule has 0 amide bonds. The average molecular weight is 126 g/mol. The molecule has 1 saturated heterocycles. The summed E-state index contributed by atoms with van der Waals surface area (Å²) in [4.78, 5) is 2.39. The van der Waals surface area contributed by atoms with Crippen LogP contribution in [0.5, 0.6) is 0 Å². The second-order valence-corrected chi connectivity index (χ2v) is 3.67. The molecule has 2 heteroatoms. The maximum Gasteiger partial charge on any atom is 0.0298 e. The van der Waals surface area contributed by atoms with Crippen LogP contribution in [0, 0.1) is 0 Å². The van der Waals surface area contributed by atoms with Crippen molar-refractivity contribution in [2.45, 2.75) is 30.8 Å². The maximum atomic E-state index is 6.05. The van der Waals surface area contributed by atoms with E-state index in [0.717, 1.165) is 12.6 Å². The van der Waals surface area contributed by atoms with E-state index in [9.17, 15) is 0 Å². The highest BCUT2D eigenvalue weighted by atomic mass is 15.2. The molecule has 1 saturated carbocycles. The Balaban J connectivity index is 2.19. The van der Waals surface area contributed by atoms with E-state index in [1.165, 1.54) is 19.3 Å². The first-order valence-electron chi connectivity index (χ1n) is 3.69. The molecule has 52 valence electrons. The molecule has 0 radical (unpaired) electrons. The van der Waals surface area contributed by atoms with E-state index in [4.69, 9.17) is 5.73 Å². The SMILES string of the molecule is CN1CC2(N)CCC1C2. The van der Waals surface area contributed by atoms with Crippen LogP contribution < -0.4 is 5.73 Å². The van der Waals surface area contributed by atoms with Crippen molar-refractivity contribution >= 4 is 0 Å². The minimum Gasteiger partial charge on any atom is -0.324 e. The topological polar surface area (TPSA) is 29.3 Å². The van der Waals surface area contributed by atoms with Gasteiger partial charge < -0.3 is 10.6 Å². The van der Waals surface area contributed by atoms with Crippen LogP contribution >= 0.6 is 0 Å². The maximum absolute atomic E-state index is 6.05. The van der Waals surface area contributed by atoms with Gasteiger partial charge in [-0.3, -0.25) is 0 Å². The third-order valence-corrected chi connectivity index (χ3v) is 2.81. The van der Waals surface area contributed by atoms with Gasteiger partial charge in [0, 0.05) is 18.1 Å². The molecule has 2 bridgehead atoms. The number of nitrogens with two attached hydrogens (primary N) is 1. The smallest absolute Gasteiger partial charge is 0.0298 e. The van der Waals surface area contributed by atoms with Crippen molar-refractivity contribution in [1.29, 1.82) is 0 Å². The van der Waals surface area contributed by atoms with Crippen molar-refractivity contribution in [1.82, 2.24) is 4.90 Å². The molecule has 1 aliphatic carbocycles. The van der Waals surface area contributed by atoms with E-state index in [-0.39, 0.29) is 5.54 Å². The van der Waals surface area contributed by atoms with E-state index in [2.05, 4.69) is 11.9 Å². The fourth-order valence-electron chi connectivity index (χ4n) is 2.27. The van der Waals surface area contributed by atoms with Crippen molar-refractivity contribution < 1.29 is 0 Å². The molecule has 2 atom stereocenters. The first-order chi connectivity index (χ1) is 4.20. The number of nitrogens with zero attached hydrogens (tertiary/aromatic N) is 1. The lowest BCUT2D eigenvalue weighted by molar-refractivity contribution is 0.247. The number of fused-ring (bicyclic) bond motifs is 2. The third kappa shape index (κ3) is 0.700. The Morgan fingerprint density at radius 2 is 2.44 bits per heavy atom. The van der Waals surface area contributed by atoms with Crippen LogP contribution in [0.1, 0.15) is 19.3 Å². The zero-order chi connectivity index (χ0) is 6.48. The third-order valence-electron chi connectivity index (χ3n) is 2.81. The fraction of sp³-hybridized carbons (Fsp3) is 1.00. The molecule has 0 aromatic heterocycles. The molecule has 2 fully saturated rings. The van der Waals surface area contributed by atoms with Gasteiger partial charge in [-0.2, -0.15) is 0 Å². The predicted octanol–water partition coefficient (Wildman–Crippen LogP) is 0.182. The Kier molecular flexibility index (Phi) is 0.945. The summed E-state index contributed by atoms with van der Waals surface area (Å²) in [6.07, 6.45) is 3.82. The normalized spacial score (nSPS) is 50.7. The van der Waals surface area contributed by atoms with Crippen molar-refractivity contribution in [3.63, 3.8) is 0 Å². The van der Waals surface area contributed by atoms with E-state index in [0.29, 0.717) is 0 Å². The zero-order valence-corrected chi connectivity index (χ0v) is 5.93. The molecule has 2 nitrogen and oxygen atoms in total. The van der Waals surface area contributed by atoms with Crippen molar-refractivity contribution in [3.05, 3.63) is 0 Å². The monoisotopic (exact) mass is 126 g/mol. The molecular formula is C7H14N2. The highest BCUT2D eigenvalue weighted by Crippen LogP contribution is 2.37. The van der Waals surface area contributed by atoms with Crippen LogP contribution in [0.3, 0.4) is 0 Å². The predicted molar refractivity (Wildman–Crippen MR) is 37.2 cm³/mol. The lowest BCUT2D eigenvalue weighted by Gasteiger charge is -2.26. The standard InChI is InChI=1S/C7H14N2/c1-9-5-7(8)3-2-6(9)4-7/h6H,2-5,8H2,1H3. The number of rotatable bonds is 0. The number of likely N-dealkylation sites (tertiary alicyclic amines) is 1. The Morgan fingerprint density at radius 1 is 1.67 bits per heavy atom. The van der Waals surface area contributed by atoms with Crippen LogP contribution in [0.4, 0.5) is 0 Å². The van der Waals surface area contributed by atoms with E-state index >= 15 is 0 Å². The molecular weight excluding hydrogens is 112 g/mol. The van der Waals surface area contributed by atoms with Crippen LogP contribution in [-0.4, -0.2) is 30.1 Å². The van der Waals surface area contributed by atoms with Gasteiger partial charge in [0.15, 0.2) is 0 Å². The summed E-state index contributed by atoms with van der Waals surface area (Å²) in [6, 6.07) is 0.815. The van der Waals surface area contributed by atoms with Gasteiger partial charge in [-0.25, -0.2) is 0 Å². The van der Waals surface area contributed by atoms with Gasteiger partial charge in [-0.15, -0.1) is 0 Å². The Labute approximate surface area is 56.0 Å². The molecule has 2 rings (SSSR count). The molecule has 2 aliphatic rings. The summed E-state index contributed by atoms with van der Waals surface area (Å²) in [5, 5.41) is 0. The van der Waals surface area contributed by atoms with Gasteiger partial charge in [0.1, 0.15) is 0 Å². The summed E-state index contributed by atoms with van der Waals surface area (Å²) in [7, 11) is 2.18. The fourth-order valence-corrected chi connectivity index (χ4v) is 2.27. The molecule has 2 N–H and O–H groups in total. The lowest BCUT2D eigenvalue weighted by atomic mass is 10.0. The highest BCUT2D eigenvalue weighted by molar-refractivity contribution is 5.05. The minimum atomic E-state index is 0.208. The quantitative estimate of drug-likeness (QED) is 0.502. The Bertz CT molecular complexity index is 131. The van der Waals surface area contributed by atoms with Crippen LogP contribution in [0.2, 0.25) is 0 Å². The summed E-state index contributed by atoms with van der Waals surface area (Å²) in [6.45, 7) is 1.12. The molecule has 0 aromatic carbocycles. The second kappa shape index (κ2) is 1.50. The molecule has 0 aromatic rings. The van der Waals surface area contributed by atoms with Crippen molar-refractivity contribution in [2.75, 3.05) is 13.6 Å². The first kappa shape index (κ1) is 5.69. The molecule has 2 unspecified atom stereocenters. The van der Waals surface area contributed by atoms with Gasteiger partial charge in [-0.1, -0.05) is 0 Å². The Hall–Kier alpha value is -0.0800. The molecule has 1 heterocycles. The number of piperidine rings is 1. The van der Waals surface area contributed by atoms with Gasteiger partial charge in [0.25, 0.3) is 0 Å². The summed E-state index contributed by atoms with van der Waals surface area (Å²) >= 11 is 0. The van der Waals surface area contributed by atoms with Crippen LogP contribution in [0.25, 0.3) is 0 Å². The van der Waals surface area contributed by atoms with Crippen LogP contribution in [0.15, 0.2) is 0 Å². The molecule has 1 aliphatic heterocycles. The first-order valence-corrected chi connectivity index (χ1v) is 3.69. The minimum absolute atomic E-state index is 0.208. The van der Waals surface area contributed by atoms with Crippen molar-refractivity contribution in [3.8, 4) is 0 Å². The van der Waals surface area contributed by atoms with Gasteiger partial charge in [0.2, 0.25) is 0 Å². The number of hydrogen-bond donors (Lipinski definition) is 1. The zero-order valence-electron chi connectivity index (χ0n) is 5.93. The van der Waals surface area contributed by atoms with Crippen molar-refractivity contribution in [2.24, 2.45) is 5.73 Å². The largest absolute Gasteiger partial charge is 0.324 e. The van der Waals surface area contributed by atoms with E-state index < -0.39 is 0 Å². The number of hydrogen-bond acceptors (Lipinski definition) is 2. The summed E-state index contributed by atoms with van der Waals surface area (Å²) < 4.78 is 0. The van der Waals surface area contributed by atoms with Gasteiger partial charge in [0.05, 0.1) is 0 Å². The average Bonchev–Trinajstić information content (AvgIpc) is 2.20. The molecule has 0 spiro atoms. The highest BCUT2D eigenvalue weighted by Gasteiger charge is 2.44. The van der Waals surface area contributed by atoms with Gasteiger partial charge in [-0.05, 0) is 26.3 Å².